The van der Waals surface area contributed by atoms with Gasteiger partial charge in [-0.05, 0) is 63.2 Å². The van der Waals surface area contributed by atoms with Gasteiger partial charge in [-0.15, -0.1) is 24.0 Å². The molecule has 1 atom stereocenters. The molecule has 5 nitrogen and oxygen atoms in total. The van der Waals surface area contributed by atoms with E-state index in [0.29, 0.717) is 12.0 Å². The largest absolute Gasteiger partial charge is 0.376 e. The molecular weight excluding hydrogens is 487 g/mol. The van der Waals surface area contributed by atoms with Crippen molar-refractivity contribution in [1.29, 1.82) is 0 Å². The standard InChI is InChI=1S/C21H33ClN4O.HI/c1-2-23-21(25-15-19-7-5-13-27-19)24-14-17-9-11-26(12-10-17)16-18-6-3-4-8-20(18)22;/h3-4,6,8,17,19H,2,5,7,9-16H2,1H3,(H2,23,24,25);1H. The predicted molar refractivity (Wildman–Crippen MR) is 128 cm³/mol. The summed E-state index contributed by atoms with van der Waals surface area (Å²) in [6, 6.07) is 8.16. The van der Waals surface area contributed by atoms with Crippen LogP contribution in [0.5, 0.6) is 0 Å². The average Bonchev–Trinajstić information content (AvgIpc) is 3.21. The molecule has 28 heavy (non-hydrogen) atoms. The lowest BCUT2D eigenvalue weighted by atomic mass is 9.96. The topological polar surface area (TPSA) is 48.9 Å². The van der Waals surface area contributed by atoms with E-state index < -0.39 is 0 Å². The van der Waals surface area contributed by atoms with E-state index in [4.69, 9.17) is 21.3 Å². The zero-order valence-corrected chi connectivity index (χ0v) is 19.9. The van der Waals surface area contributed by atoms with Crippen LogP contribution in [0, 0.1) is 5.92 Å². The smallest absolute Gasteiger partial charge is 0.191 e. The maximum Gasteiger partial charge on any atom is 0.191 e. The number of guanidine groups is 1. The van der Waals surface area contributed by atoms with Gasteiger partial charge in [-0.3, -0.25) is 9.89 Å². The number of likely N-dealkylation sites (tertiary alicyclic amines) is 1. The fraction of sp³-hybridized carbons (Fsp3) is 0.667. The highest BCUT2D eigenvalue weighted by Crippen LogP contribution is 2.22. The van der Waals surface area contributed by atoms with Crippen LogP contribution in [0.3, 0.4) is 0 Å². The summed E-state index contributed by atoms with van der Waals surface area (Å²) >= 11 is 6.30. The van der Waals surface area contributed by atoms with Crippen LogP contribution < -0.4 is 10.6 Å². The molecule has 0 spiro atoms. The Balaban J connectivity index is 0.00000280. The van der Waals surface area contributed by atoms with Gasteiger partial charge in [0.15, 0.2) is 5.96 Å². The third-order valence-electron chi connectivity index (χ3n) is 5.43. The Bertz CT molecular complexity index is 602. The number of rotatable bonds is 7. The first kappa shape index (κ1) is 23.7. The van der Waals surface area contributed by atoms with Crippen LogP contribution in [0.25, 0.3) is 0 Å². The maximum atomic E-state index is 6.30. The molecule has 2 saturated heterocycles. The molecule has 2 aliphatic rings. The number of hydrogen-bond acceptors (Lipinski definition) is 3. The molecule has 0 bridgehead atoms. The predicted octanol–water partition coefficient (Wildman–Crippen LogP) is 3.90. The van der Waals surface area contributed by atoms with Crippen molar-refractivity contribution in [3.05, 3.63) is 34.9 Å². The van der Waals surface area contributed by atoms with Crippen molar-refractivity contribution >= 4 is 41.5 Å². The summed E-state index contributed by atoms with van der Waals surface area (Å²) in [4.78, 5) is 7.32. The van der Waals surface area contributed by atoms with Gasteiger partial charge in [0.1, 0.15) is 0 Å². The summed E-state index contributed by atoms with van der Waals surface area (Å²) in [5, 5.41) is 7.66. The van der Waals surface area contributed by atoms with Gasteiger partial charge in [-0.2, -0.15) is 0 Å². The molecule has 1 unspecified atom stereocenters. The van der Waals surface area contributed by atoms with Crippen LogP contribution in [0.2, 0.25) is 5.02 Å². The molecular formula is C21H34ClIN4O. The Hall–Kier alpha value is -0.570. The van der Waals surface area contributed by atoms with Gasteiger partial charge < -0.3 is 15.4 Å². The number of benzene rings is 1. The minimum atomic E-state index is 0. The van der Waals surface area contributed by atoms with Crippen molar-refractivity contribution in [3.8, 4) is 0 Å². The van der Waals surface area contributed by atoms with Crippen LogP contribution in [-0.4, -0.2) is 56.3 Å². The fourth-order valence-electron chi connectivity index (χ4n) is 3.77. The number of nitrogens with one attached hydrogen (secondary N) is 2. The molecule has 1 aromatic rings. The van der Waals surface area contributed by atoms with Crippen LogP contribution in [0.1, 0.15) is 38.2 Å². The van der Waals surface area contributed by atoms with Crippen molar-refractivity contribution in [2.75, 3.05) is 39.3 Å². The summed E-state index contributed by atoms with van der Waals surface area (Å²) in [6.07, 6.45) is 5.04. The zero-order valence-electron chi connectivity index (χ0n) is 16.8. The van der Waals surface area contributed by atoms with E-state index in [-0.39, 0.29) is 24.0 Å². The van der Waals surface area contributed by atoms with Crippen molar-refractivity contribution in [2.24, 2.45) is 10.9 Å². The number of ether oxygens (including phenoxy) is 1. The first-order valence-corrected chi connectivity index (χ1v) is 10.7. The maximum absolute atomic E-state index is 6.30. The van der Waals surface area contributed by atoms with Gasteiger partial charge in [0, 0.05) is 37.8 Å². The zero-order chi connectivity index (χ0) is 18.9. The molecule has 3 rings (SSSR count). The van der Waals surface area contributed by atoms with Crippen LogP contribution in [0.15, 0.2) is 29.3 Å². The molecule has 2 fully saturated rings. The number of hydrogen-bond donors (Lipinski definition) is 2. The minimum Gasteiger partial charge on any atom is -0.376 e. The Morgan fingerprint density at radius 1 is 1.21 bits per heavy atom. The quantitative estimate of drug-likeness (QED) is 0.325. The normalized spacial score (nSPS) is 21.4. The highest BCUT2D eigenvalue weighted by Gasteiger charge is 2.20. The lowest BCUT2D eigenvalue weighted by molar-refractivity contribution is 0.113. The summed E-state index contributed by atoms with van der Waals surface area (Å²) in [5.41, 5.74) is 1.23. The minimum absolute atomic E-state index is 0. The SMILES string of the molecule is CCNC(=NCC1CCN(Cc2ccccc2Cl)CC1)NCC1CCCO1.I. The summed E-state index contributed by atoms with van der Waals surface area (Å²) in [6.45, 7) is 8.80. The first-order valence-electron chi connectivity index (χ1n) is 10.3. The van der Waals surface area contributed by atoms with E-state index >= 15 is 0 Å². The Labute approximate surface area is 191 Å². The monoisotopic (exact) mass is 520 g/mol. The second-order valence-electron chi connectivity index (χ2n) is 7.55. The van der Waals surface area contributed by atoms with E-state index in [0.717, 1.165) is 63.3 Å². The van der Waals surface area contributed by atoms with Crippen molar-refractivity contribution < 1.29 is 4.74 Å². The van der Waals surface area contributed by atoms with Gasteiger partial charge in [0.05, 0.1) is 6.10 Å². The van der Waals surface area contributed by atoms with Gasteiger partial charge in [-0.25, -0.2) is 0 Å². The van der Waals surface area contributed by atoms with Gasteiger partial charge in [-0.1, -0.05) is 29.8 Å². The fourth-order valence-corrected chi connectivity index (χ4v) is 3.97. The van der Waals surface area contributed by atoms with E-state index in [1.54, 1.807) is 0 Å². The van der Waals surface area contributed by atoms with Crippen molar-refractivity contribution in [3.63, 3.8) is 0 Å². The third kappa shape index (κ3) is 7.69. The molecule has 0 radical (unpaired) electrons. The molecule has 1 aromatic carbocycles. The van der Waals surface area contributed by atoms with E-state index in [1.807, 2.05) is 12.1 Å². The lowest BCUT2D eigenvalue weighted by Crippen LogP contribution is -2.41. The van der Waals surface area contributed by atoms with E-state index in [2.05, 4.69) is 34.6 Å². The van der Waals surface area contributed by atoms with Gasteiger partial charge in [0.25, 0.3) is 0 Å². The number of halogens is 2. The van der Waals surface area contributed by atoms with Crippen LogP contribution in [-0.2, 0) is 11.3 Å². The summed E-state index contributed by atoms with van der Waals surface area (Å²) in [5.74, 6) is 1.58. The van der Waals surface area contributed by atoms with E-state index in [1.165, 1.54) is 24.8 Å². The Morgan fingerprint density at radius 2 is 2.00 bits per heavy atom. The van der Waals surface area contributed by atoms with Crippen molar-refractivity contribution in [1.82, 2.24) is 15.5 Å². The second-order valence-corrected chi connectivity index (χ2v) is 7.95. The van der Waals surface area contributed by atoms with E-state index in [9.17, 15) is 0 Å². The molecule has 158 valence electrons. The summed E-state index contributed by atoms with van der Waals surface area (Å²) in [7, 11) is 0. The molecule has 7 heteroatoms. The number of nitrogens with zero attached hydrogens (tertiary/aromatic N) is 2. The van der Waals surface area contributed by atoms with Crippen LogP contribution >= 0.6 is 35.6 Å². The molecule has 0 amide bonds. The van der Waals surface area contributed by atoms with Crippen molar-refractivity contribution in [2.45, 2.75) is 45.3 Å². The molecule has 0 aromatic heterocycles. The molecule has 2 aliphatic heterocycles. The van der Waals surface area contributed by atoms with Gasteiger partial charge >= 0.3 is 0 Å². The van der Waals surface area contributed by atoms with Crippen LogP contribution in [0.4, 0.5) is 0 Å². The Morgan fingerprint density at radius 3 is 2.68 bits per heavy atom. The molecule has 0 aliphatic carbocycles. The first-order chi connectivity index (χ1) is 13.2. The molecule has 2 N–H and O–H groups in total. The number of aliphatic imine (C=N–C) groups is 1. The average molecular weight is 521 g/mol. The Kier molecular flexibility index (Phi) is 10.9. The second kappa shape index (κ2) is 12.9. The number of piperidine rings is 1. The lowest BCUT2D eigenvalue weighted by Gasteiger charge is -2.31. The summed E-state index contributed by atoms with van der Waals surface area (Å²) < 4.78 is 5.68. The molecule has 2 heterocycles. The third-order valence-corrected chi connectivity index (χ3v) is 5.80. The highest BCUT2D eigenvalue weighted by atomic mass is 127. The van der Waals surface area contributed by atoms with Gasteiger partial charge in [0.2, 0.25) is 0 Å². The highest BCUT2D eigenvalue weighted by molar-refractivity contribution is 14.0. The molecule has 0 saturated carbocycles.